The number of hydrogen-bond donors (Lipinski definition) is 3. The molecule has 33 nitrogen and oxygen atoms in total. The molecule has 3 N–H and O–H groups in total. The number of amides is 9. The fourth-order valence-corrected chi connectivity index (χ4v) is 13.5. The third-order valence-electron chi connectivity index (χ3n) is 14.7. The Labute approximate surface area is 585 Å². The molecule has 6 heterocycles. The van der Waals surface area contributed by atoms with E-state index in [-0.39, 0.29) is 122 Å². The average Bonchev–Trinajstić information content (AvgIpc) is 1.61. The van der Waals surface area contributed by atoms with Crippen molar-refractivity contribution in [1.29, 1.82) is 0 Å². The second-order valence-corrected chi connectivity index (χ2v) is 29.0. The Kier molecular flexibility index (Phi) is 24.2. The zero-order valence-electron chi connectivity index (χ0n) is 56.7. The van der Waals surface area contributed by atoms with E-state index in [9.17, 15) is 68.4 Å². The first-order valence-corrected chi connectivity index (χ1v) is 36.4. The summed E-state index contributed by atoms with van der Waals surface area (Å²) in [5.74, 6) is -7.08. The molecule has 102 heavy (non-hydrogen) atoms. The lowest BCUT2D eigenvalue weighted by Crippen LogP contribution is -2.38. The van der Waals surface area contributed by atoms with Crippen LogP contribution in [0.2, 0.25) is 0 Å². The number of anilines is 3. The largest absolute Gasteiger partial charge is 0.491 e. The van der Waals surface area contributed by atoms with Crippen molar-refractivity contribution in [2.75, 3.05) is 93.1 Å². The van der Waals surface area contributed by atoms with Crippen LogP contribution in [-0.2, 0) is 43.9 Å². The summed E-state index contributed by atoms with van der Waals surface area (Å²) in [4.78, 5) is 141. The quantitative estimate of drug-likeness (QED) is 0.0400. The molecule has 9 amide bonds. The topological polar surface area (TPSA) is 409 Å². The lowest BCUT2D eigenvalue weighted by Gasteiger charge is -2.26. The van der Waals surface area contributed by atoms with E-state index in [1.165, 1.54) is 115 Å². The van der Waals surface area contributed by atoms with Gasteiger partial charge in [0.25, 0.3) is 53.1 Å². The van der Waals surface area contributed by atoms with E-state index in [4.69, 9.17) is 48.1 Å². The number of sulfone groups is 3. The number of nitrogens with one attached hydrogen (secondary N) is 3. The summed E-state index contributed by atoms with van der Waals surface area (Å²) in [5.41, 5.74) is -0.337. The number of rotatable bonds is 24. The van der Waals surface area contributed by atoms with Gasteiger partial charge in [-0.1, -0.05) is 0 Å². The van der Waals surface area contributed by atoms with Crippen LogP contribution in [0.15, 0.2) is 72.8 Å². The number of ether oxygens (including phenoxy) is 6. The Morgan fingerprint density at radius 1 is 0.422 bits per heavy atom. The molecule has 3 aliphatic heterocycles. The number of methoxy groups -OCH3 is 3. The minimum absolute atomic E-state index is 0.00680. The van der Waals surface area contributed by atoms with Crippen LogP contribution in [-0.4, -0.2) is 185 Å². The molecule has 0 saturated heterocycles. The molecule has 0 aliphatic carbocycles. The average molecular weight is 1460 g/mol. The van der Waals surface area contributed by atoms with E-state index in [0.717, 1.165) is 33.5 Å². The summed E-state index contributed by atoms with van der Waals surface area (Å²) in [7, 11) is -6.87. The smallest absolute Gasteiger partial charge is 0.264 e. The zero-order valence-corrected chi connectivity index (χ0v) is 59.2. The maximum absolute atomic E-state index is 13.4. The van der Waals surface area contributed by atoms with Crippen LogP contribution in [0.4, 0.5) is 34.1 Å². The molecule has 534 valence electrons. The lowest BCUT2D eigenvalue weighted by atomic mass is 10.1. The summed E-state index contributed by atoms with van der Waals surface area (Å²) in [6.07, 6.45) is 2.93. The van der Waals surface area contributed by atoms with Gasteiger partial charge in [0.1, 0.15) is 29.5 Å². The Morgan fingerprint density at radius 2 is 0.657 bits per heavy atom. The second kappa shape index (κ2) is 31.9. The van der Waals surface area contributed by atoms with E-state index in [1.54, 1.807) is 20.8 Å². The SMILES string of the molecule is [C-]#[N+]c1cc(NC(C)=O)c2c(c1)C(=O)N(C(CS(C)(=O)=O)c1ccc(OC)c(OCC)n1)C2=O.[C-]#[N+]c1cc(NC(C)=O)c2c(c1)C(=O)N([C@@H](CS(C)(=O)=O)c1ccc(OC)c(OCC)n1)C2=O.[C-]#[N+]c1cc(NC(C)=O)c2c(c1)C(=O)N([C@H](CS(C)(=O)=O)c1ccc(OC)c(OCC)n1)C2=O. The third kappa shape index (κ3) is 17.5. The van der Waals surface area contributed by atoms with Crippen LogP contribution in [0, 0.1) is 19.7 Å². The standard InChI is InChI=1S/3C22H22N4O7S/c3*1-6-33-20-18(32-4)8-7-15(25-20)17(11-34(5,30)31)26-21(28)14-9-13(23-3)10-16(24-12(2)27)19(14)22(26)29/h3*7-10,17H,6,11H2,1-2,4-5H3,(H,24,27)/t2*17-;/m10./s1. The van der Waals surface area contributed by atoms with E-state index >= 15 is 0 Å². The Balaban J connectivity index is 0.000000214. The van der Waals surface area contributed by atoms with Gasteiger partial charge in [0, 0.05) is 73.3 Å². The lowest BCUT2D eigenvalue weighted by molar-refractivity contribution is -0.115. The van der Waals surface area contributed by atoms with Crippen molar-refractivity contribution in [3.63, 3.8) is 0 Å². The second-order valence-electron chi connectivity index (χ2n) is 22.4. The van der Waals surface area contributed by atoms with Crippen molar-refractivity contribution in [3.8, 4) is 34.9 Å². The molecule has 3 aliphatic rings. The van der Waals surface area contributed by atoms with Gasteiger partial charge in [0.05, 0.1) is 130 Å². The van der Waals surface area contributed by atoms with Crippen molar-refractivity contribution < 1.29 is 96.8 Å². The van der Waals surface area contributed by atoms with Crippen molar-refractivity contribution in [3.05, 3.63) is 158 Å². The molecule has 0 fully saturated rings. The number of fused-ring (bicyclic) bond motifs is 3. The van der Waals surface area contributed by atoms with Gasteiger partial charge in [-0.3, -0.25) is 57.9 Å². The first kappa shape index (κ1) is 77.4. The van der Waals surface area contributed by atoms with Crippen molar-refractivity contribution in [1.82, 2.24) is 29.7 Å². The van der Waals surface area contributed by atoms with Crippen LogP contribution in [0.1, 0.15) is 139 Å². The number of imide groups is 3. The van der Waals surface area contributed by atoms with Crippen molar-refractivity contribution in [2.24, 2.45) is 0 Å². The summed E-state index contributed by atoms with van der Waals surface area (Å²) in [6, 6.07) is 12.5. The molecule has 3 atom stereocenters. The first-order valence-electron chi connectivity index (χ1n) is 30.2. The number of carbonyl (C=O) groups is 9. The van der Waals surface area contributed by atoms with Crippen LogP contribution in [0.5, 0.6) is 34.9 Å². The Hall–Kier alpha value is -11.9. The van der Waals surface area contributed by atoms with Crippen LogP contribution >= 0.6 is 0 Å². The highest BCUT2D eigenvalue weighted by molar-refractivity contribution is 7.91. The molecule has 6 aromatic rings. The molecule has 0 bridgehead atoms. The molecule has 36 heteroatoms. The number of hydrogen-bond acceptors (Lipinski definition) is 24. The number of carbonyl (C=O) groups excluding carboxylic acids is 9. The fourth-order valence-electron chi connectivity index (χ4n) is 10.8. The van der Waals surface area contributed by atoms with Gasteiger partial charge in [-0.05, 0) is 93.6 Å². The monoisotopic (exact) mass is 1460 g/mol. The highest BCUT2D eigenvalue weighted by Gasteiger charge is 2.48. The maximum Gasteiger partial charge on any atom is 0.264 e. The summed E-state index contributed by atoms with van der Waals surface area (Å²) >= 11 is 0. The van der Waals surface area contributed by atoms with Crippen LogP contribution < -0.4 is 44.4 Å². The maximum atomic E-state index is 13.4. The molecule has 1 unspecified atom stereocenters. The predicted molar refractivity (Wildman–Crippen MR) is 366 cm³/mol. The van der Waals surface area contributed by atoms with Crippen LogP contribution in [0.25, 0.3) is 14.5 Å². The van der Waals surface area contributed by atoms with Gasteiger partial charge in [-0.25, -0.2) is 54.7 Å². The minimum atomic E-state index is -3.70. The van der Waals surface area contributed by atoms with E-state index in [0.29, 0.717) is 17.2 Å². The van der Waals surface area contributed by atoms with Gasteiger partial charge in [-0.2, -0.15) is 0 Å². The van der Waals surface area contributed by atoms with Crippen molar-refractivity contribution >= 4 is 117 Å². The van der Waals surface area contributed by atoms with E-state index in [1.807, 2.05) is 0 Å². The predicted octanol–water partition coefficient (Wildman–Crippen LogP) is 7.14. The van der Waals surface area contributed by atoms with Gasteiger partial charge in [-0.15, -0.1) is 0 Å². The van der Waals surface area contributed by atoms with Crippen LogP contribution in [0.3, 0.4) is 0 Å². The molecule has 0 saturated carbocycles. The van der Waals surface area contributed by atoms with E-state index in [2.05, 4.69) is 45.4 Å². The molecular weight excluding hydrogens is 1390 g/mol. The summed E-state index contributed by atoms with van der Waals surface area (Å²) < 4.78 is 106. The number of benzene rings is 3. The van der Waals surface area contributed by atoms with Gasteiger partial charge in [0.15, 0.2) is 34.3 Å². The summed E-state index contributed by atoms with van der Waals surface area (Å²) in [5, 5.41) is 7.40. The summed E-state index contributed by atoms with van der Waals surface area (Å²) in [6.45, 7) is 31.4. The zero-order chi connectivity index (χ0) is 75.6. The molecule has 0 radical (unpaired) electrons. The number of aromatic nitrogens is 3. The number of nitrogens with zero attached hydrogens (tertiary/aromatic N) is 9. The minimum Gasteiger partial charge on any atom is -0.491 e. The highest BCUT2D eigenvalue weighted by atomic mass is 32.2. The highest BCUT2D eigenvalue weighted by Crippen LogP contribution is 2.43. The Morgan fingerprint density at radius 3 is 0.843 bits per heavy atom. The van der Waals surface area contributed by atoms with Gasteiger partial charge < -0.3 is 44.4 Å². The molecule has 9 rings (SSSR count). The molecule has 3 aromatic heterocycles. The van der Waals surface area contributed by atoms with Crippen molar-refractivity contribution in [2.45, 2.75) is 59.7 Å². The fraction of sp³-hybridized carbons (Fsp3) is 0.318. The number of pyridine rings is 3. The molecule has 0 spiro atoms. The third-order valence-corrected chi connectivity index (χ3v) is 17.5. The van der Waals surface area contributed by atoms with E-state index < -0.39 is 118 Å². The first-order chi connectivity index (χ1) is 48.0. The van der Waals surface area contributed by atoms with Gasteiger partial charge >= 0.3 is 0 Å². The normalized spacial score (nSPS) is 13.8. The molecular formula is C66H66N12O21S3. The van der Waals surface area contributed by atoms with Gasteiger partial charge in [0.2, 0.25) is 17.7 Å². The molecule has 3 aromatic carbocycles. The Bertz CT molecular complexity index is 4480.